The fourth-order valence-corrected chi connectivity index (χ4v) is 4.65. The van der Waals surface area contributed by atoms with Crippen LogP contribution < -0.4 is 4.90 Å². The summed E-state index contributed by atoms with van der Waals surface area (Å²) < 4.78 is 14.9. The van der Waals surface area contributed by atoms with Crippen LogP contribution in [0.2, 0.25) is 0 Å². The molecule has 0 N–H and O–H groups in total. The van der Waals surface area contributed by atoms with Crippen LogP contribution >= 0.6 is 23.1 Å². The third kappa shape index (κ3) is 4.37. The van der Waals surface area contributed by atoms with Crippen LogP contribution in [0.3, 0.4) is 0 Å². The molecule has 0 radical (unpaired) electrons. The molecule has 7 heteroatoms. The molecule has 0 unspecified atom stereocenters. The molecule has 28 heavy (non-hydrogen) atoms. The van der Waals surface area contributed by atoms with Gasteiger partial charge in [0.05, 0.1) is 10.3 Å². The van der Waals surface area contributed by atoms with Gasteiger partial charge in [0.15, 0.2) is 5.13 Å². The molecule has 3 aromatic rings. The summed E-state index contributed by atoms with van der Waals surface area (Å²) >= 11 is 2.89. The topological polar surface area (TPSA) is 36.4 Å². The van der Waals surface area contributed by atoms with Gasteiger partial charge in [-0.15, -0.1) is 11.8 Å². The molecule has 0 bridgehead atoms. The number of carbonyl (C=O) groups is 1. The van der Waals surface area contributed by atoms with E-state index in [1.807, 2.05) is 36.6 Å². The fourth-order valence-electron chi connectivity index (χ4n) is 3.05. The first-order valence-electron chi connectivity index (χ1n) is 9.31. The molecular weight excluding hydrogens is 393 g/mol. The number of halogens is 1. The van der Waals surface area contributed by atoms with Crippen LogP contribution in [0.4, 0.5) is 9.52 Å². The summed E-state index contributed by atoms with van der Waals surface area (Å²) in [6.07, 6.45) is 1.96. The Morgan fingerprint density at radius 2 is 1.86 bits per heavy atom. The van der Waals surface area contributed by atoms with Crippen LogP contribution in [0.5, 0.6) is 0 Å². The van der Waals surface area contributed by atoms with E-state index in [1.54, 1.807) is 22.7 Å². The second-order valence-corrected chi connectivity index (χ2v) is 8.12. The Morgan fingerprint density at radius 3 is 2.54 bits per heavy atom. The minimum absolute atomic E-state index is 0.100. The number of para-hydroxylation sites is 1. The molecule has 0 saturated heterocycles. The number of likely N-dealkylation sites (N-methyl/N-ethyl adjacent to an activating group) is 1. The number of thiazole rings is 1. The summed E-state index contributed by atoms with van der Waals surface area (Å²) in [5.74, 6) is -0.461. The van der Waals surface area contributed by atoms with Crippen molar-refractivity contribution < 1.29 is 9.18 Å². The number of rotatable bonds is 8. The second-order valence-electron chi connectivity index (χ2n) is 6.27. The number of anilines is 1. The highest BCUT2D eigenvalue weighted by Gasteiger charge is 2.24. The zero-order valence-corrected chi connectivity index (χ0v) is 17.9. The van der Waals surface area contributed by atoms with E-state index in [9.17, 15) is 9.18 Å². The van der Waals surface area contributed by atoms with E-state index in [-0.39, 0.29) is 11.7 Å². The molecule has 4 nitrogen and oxygen atoms in total. The van der Waals surface area contributed by atoms with E-state index in [4.69, 9.17) is 0 Å². The van der Waals surface area contributed by atoms with E-state index < -0.39 is 0 Å². The predicted octanol–water partition coefficient (Wildman–Crippen LogP) is 5.15. The average Bonchev–Trinajstić information content (AvgIpc) is 3.16. The van der Waals surface area contributed by atoms with Gasteiger partial charge in [0.25, 0.3) is 5.91 Å². The van der Waals surface area contributed by atoms with Crippen molar-refractivity contribution in [3.63, 3.8) is 0 Å². The van der Waals surface area contributed by atoms with Crippen molar-refractivity contribution in [3.8, 4) is 0 Å². The molecule has 0 fully saturated rings. The number of carbonyl (C=O) groups excluding carboxylic acids is 1. The van der Waals surface area contributed by atoms with Crippen LogP contribution in [-0.2, 0) is 0 Å². The van der Waals surface area contributed by atoms with E-state index in [0.29, 0.717) is 22.8 Å². The van der Waals surface area contributed by atoms with Crippen LogP contribution in [0.1, 0.15) is 24.2 Å². The monoisotopic (exact) mass is 417 g/mol. The lowest BCUT2D eigenvalue weighted by atomic mass is 10.2. The molecule has 2 aromatic carbocycles. The highest BCUT2D eigenvalue weighted by Crippen LogP contribution is 2.32. The lowest BCUT2D eigenvalue weighted by Crippen LogP contribution is -2.39. The minimum Gasteiger partial charge on any atom is -0.302 e. The number of hydrogen-bond donors (Lipinski definition) is 0. The molecule has 0 aliphatic heterocycles. The number of fused-ring (bicyclic) bond motifs is 1. The van der Waals surface area contributed by atoms with Crippen molar-refractivity contribution in [1.82, 2.24) is 9.88 Å². The third-order valence-electron chi connectivity index (χ3n) is 4.71. The lowest BCUT2D eigenvalue weighted by molar-refractivity contribution is 0.0981. The highest BCUT2D eigenvalue weighted by atomic mass is 32.2. The minimum atomic E-state index is -0.361. The molecule has 0 spiro atoms. The van der Waals surface area contributed by atoms with Crippen molar-refractivity contribution >= 4 is 44.4 Å². The summed E-state index contributed by atoms with van der Waals surface area (Å²) in [7, 11) is 0. The van der Waals surface area contributed by atoms with Gasteiger partial charge in [0, 0.05) is 18.0 Å². The fraction of sp³-hybridized carbons (Fsp3) is 0.333. The largest absolute Gasteiger partial charge is 0.302 e. The maximum atomic E-state index is 14.2. The van der Waals surface area contributed by atoms with Crippen LogP contribution in [0, 0.1) is 5.82 Å². The van der Waals surface area contributed by atoms with Crippen molar-refractivity contribution in [2.24, 2.45) is 0 Å². The molecule has 3 rings (SSSR count). The Kier molecular flexibility index (Phi) is 7.04. The van der Waals surface area contributed by atoms with Gasteiger partial charge in [0.2, 0.25) is 0 Å². The normalized spacial score (nSPS) is 11.3. The number of hydrogen-bond acceptors (Lipinski definition) is 5. The van der Waals surface area contributed by atoms with Gasteiger partial charge in [-0.05, 0) is 43.6 Å². The molecule has 1 aromatic heterocycles. The van der Waals surface area contributed by atoms with E-state index in [0.717, 1.165) is 29.2 Å². The first kappa shape index (κ1) is 20.8. The maximum absolute atomic E-state index is 14.2. The van der Waals surface area contributed by atoms with Gasteiger partial charge in [0.1, 0.15) is 11.3 Å². The van der Waals surface area contributed by atoms with Crippen molar-refractivity contribution in [2.75, 3.05) is 37.3 Å². The van der Waals surface area contributed by atoms with Gasteiger partial charge in [-0.25, -0.2) is 9.37 Å². The molecule has 148 valence electrons. The average molecular weight is 418 g/mol. The Morgan fingerprint density at radius 1 is 1.11 bits per heavy atom. The quantitative estimate of drug-likeness (QED) is 0.475. The Labute approximate surface area is 173 Å². The molecular formula is C21H24FN3OS2. The maximum Gasteiger partial charge on any atom is 0.261 e. The first-order chi connectivity index (χ1) is 13.6. The molecule has 0 atom stereocenters. The van der Waals surface area contributed by atoms with Crippen molar-refractivity contribution in [2.45, 2.75) is 18.7 Å². The molecule has 0 aliphatic carbocycles. The summed E-state index contributed by atoms with van der Waals surface area (Å²) in [6.45, 7) is 7.27. The summed E-state index contributed by atoms with van der Waals surface area (Å²) in [4.78, 5) is 22.8. The second kappa shape index (κ2) is 9.49. The predicted molar refractivity (Wildman–Crippen MR) is 117 cm³/mol. The van der Waals surface area contributed by atoms with Gasteiger partial charge in [-0.3, -0.25) is 9.69 Å². The zero-order valence-electron chi connectivity index (χ0n) is 16.3. The lowest BCUT2D eigenvalue weighted by Gasteiger charge is -2.25. The van der Waals surface area contributed by atoms with Crippen LogP contribution in [0.15, 0.2) is 47.4 Å². The Bertz CT molecular complexity index is 956. The van der Waals surface area contributed by atoms with E-state index in [2.05, 4.69) is 23.7 Å². The van der Waals surface area contributed by atoms with E-state index in [1.165, 1.54) is 17.4 Å². The number of amides is 1. The Hall–Kier alpha value is -1.96. The molecule has 1 heterocycles. The smallest absolute Gasteiger partial charge is 0.261 e. The van der Waals surface area contributed by atoms with Gasteiger partial charge >= 0.3 is 0 Å². The highest BCUT2D eigenvalue weighted by molar-refractivity contribution is 7.98. The number of nitrogens with zero attached hydrogens (tertiary/aromatic N) is 3. The summed E-state index contributed by atoms with van der Waals surface area (Å²) in [6, 6.07) is 12.5. The molecule has 0 saturated carbocycles. The van der Waals surface area contributed by atoms with Gasteiger partial charge in [-0.1, -0.05) is 43.4 Å². The summed E-state index contributed by atoms with van der Waals surface area (Å²) in [5, 5.41) is 0.535. The third-order valence-corrected chi connectivity index (χ3v) is 6.55. The van der Waals surface area contributed by atoms with Crippen LogP contribution in [-0.4, -0.2) is 48.2 Å². The first-order valence-corrected chi connectivity index (χ1v) is 11.3. The summed E-state index contributed by atoms with van der Waals surface area (Å²) in [5.41, 5.74) is 0.968. The van der Waals surface area contributed by atoms with Crippen molar-refractivity contribution in [1.29, 1.82) is 0 Å². The Balaban J connectivity index is 2.00. The van der Waals surface area contributed by atoms with E-state index >= 15 is 0 Å². The van der Waals surface area contributed by atoms with Crippen LogP contribution in [0.25, 0.3) is 10.2 Å². The van der Waals surface area contributed by atoms with Gasteiger partial charge < -0.3 is 4.90 Å². The molecule has 1 amide bonds. The van der Waals surface area contributed by atoms with Crippen molar-refractivity contribution in [3.05, 3.63) is 53.8 Å². The zero-order chi connectivity index (χ0) is 20.1. The standard InChI is InChI=1S/C21H24FN3OS2/c1-4-24(5-2)13-14-25(20(26)15-9-6-7-11-17(15)27-3)21-23-19-16(22)10-8-12-18(19)28-21/h6-12H,4-5,13-14H2,1-3H3. The molecule has 0 aliphatic rings. The number of aromatic nitrogens is 1. The number of thioether (sulfide) groups is 1. The van der Waals surface area contributed by atoms with Gasteiger partial charge in [-0.2, -0.15) is 0 Å². The SMILES string of the molecule is CCN(CC)CCN(C(=O)c1ccccc1SC)c1nc2c(F)cccc2s1. The number of benzene rings is 2.